The number of rotatable bonds is 3. The summed E-state index contributed by atoms with van der Waals surface area (Å²) in [5.41, 5.74) is 3.41. The SMILES string of the molecule is C=C(C)C(=O)O.C=C(C)C(=O)OC.C=Cc1ccc(C(C)(C)C)cc1.O=C1C=CC(=O)O1. The van der Waals surface area contributed by atoms with E-state index in [1.54, 1.807) is 6.92 Å². The van der Waals surface area contributed by atoms with Gasteiger partial charge < -0.3 is 14.6 Å². The second-order valence-corrected chi connectivity index (χ2v) is 7.51. The van der Waals surface area contributed by atoms with Gasteiger partial charge in [0.1, 0.15) is 0 Å². The molecule has 0 spiro atoms. The highest BCUT2D eigenvalue weighted by atomic mass is 16.6. The van der Waals surface area contributed by atoms with Crippen molar-refractivity contribution in [3.8, 4) is 0 Å². The largest absolute Gasteiger partial charge is 0.478 e. The van der Waals surface area contributed by atoms with E-state index in [0.717, 1.165) is 12.2 Å². The number of carboxylic acid groups (broad SMARTS) is 1. The van der Waals surface area contributed by atoms with Crippen molar-refractivity contribution in [3.63, 3.8) is 0 Å². The van der Waals surface area contributed by atoms with Crippen molar-refractivity contribution in [3.05, 3.63) is 78.4 Å². The Balaban J connectivity index is 0. The van der Waals surface area contributed by atoms with Gasteiger partial charge in [-0.25, -0.2) is 19.2 Å². The van der Waals surface area contributed by atoms with Crippen molar-refractivity contribution in [1.29, 1.82) is 0 Å². The molecular formula is C25H32O7. The maximum Gasteiger partial charge on any atom is 0.338 e. The Morgan fingerprint density at radius 1 is 0.969 bits per heavy atom. The van der Waals surface area contributed by atoms with Crippen molar-refractivity contribution < 1.29 is 33.8 Å². The lowest BCUT2D eigenvalue weighted by molar-refractivity contribution is -0.150. The number of carbonyl (C=O) groups excluding carboxylic acids is 3. The average molecular weight is 445 g/mol. The highest BCUT2D eigenvalue weighted by Crippen LogP contribution is 2.22. The Bertz CT molecular complexity index is 839. The maximum atomic E-state index is 10.2. The van der Waals surface area contributed by atoms with E-state index in [9.17, 15) is 19.2 Å². The molecule has 1 aliphatic heterocycles. The first-order chi connectivity index (χ1) is 14.6. The quantitative estimate of drug-likeness (QED) is 0.411. The van der Waals surface area contributed by atoms with Gasteiger partial charge in [-0.2, -0.15) is 0 Å². The number of methoxy groups -OCH3 is 1. The summed E-state index contributed by atoms with van der Waals surface area (Å²) in [5.74, 6) is -2.44. The number of hydrogen-bond donors (Lipinski definition) is 1. The highest BCUT2D eigenvalue weighted by molar-refractivity contribution is 6.04. The van der Waals surface area contributed by atoms with Crippen LogP contribution in [0, 0.1) is 0 Å². The van der Waals surface area contributed by atoms with Gasteiger partial charge in [0, 0.05) is 23.3 Å². The summed E-state index contributed by atoms with van der Waals surface area (Å²) in [7, 11) is 1.33. The molecule has 0 amide bonds. The van der Waals surface area contributed by atoms with E-state index in [1.165, 1.54) is 25.2 Å². The molecule has 7 heteroatoms. The lowest BCUT2D eigenvalue weighted by Gasteiger charge is -2.18. The lowest BCUT2D eigenvalue weighted by Crippen LogP contribution is -2.10. The Morgan fingerprint density at radius 2 is 1.38 bits per heavy atom. The molecule has 0 radical (unpaired) electrons. The minimum Gasteiger partial charge on any atom is -0.478 e. The Hall–Kier alpha value is -3.74. The molecule has 32 heavy (non-hydrogen) atoms. The number of ether oxygens (including phenoxy) is 2. The molecule has 2 rings (SSSR count). The van der Waals surface area contributed by atoms with E-state index >= 15 is 0 Å². The van der Waals surface area contributed by atoms with Crippen LogP contribution in [0.5, 0.6) is 0 Å². The highest BCUT2D eigenvalue weighted by Gasteiger charge is 2.12. The third-order valence-corrected chi connectivity index (χ3v) is 3.47. The monoisotopic (exact) mass is 444 g/mol. The van der Waals surface area contributed by atoms with Crippen molar-refractivity contribution in [2.75, 3.05) is 7.11 Å². The molecule has 174 valence electrons. The van der Waals surface area contributed by atoms with Gasteiger partial charge in [0.15, 0.2) is 0 Å². The number of benzene rings is 1. The van der Waals surface area contributed by atoms with E-state index in [-0.39, 0.29) is 17.0 Å². The van der Waals surface area contributed by atoms with Crippen LogP contribution in [0.25, 0.3) is 6.08 Å². The van der Waals surface area contributed by atoms with Gasteiger partial charge in [-0.05, 0) is 30.4 Å². The molecule has 0 saturated heterocycles. The summed E-state index contributed by atoms with van der Waals surface area (Å²) in [5, 5.41) is 7.89. The fraction of sp³-hybridized carbons (Fsp3) is 0.280. The van der Waals surface area contributed by atoms with E-state index in [1.807, 2.05) is 6.08 Å². The van der Waals surface area contributed by atoms with Crippen LogP contribution >= 0.6 is 0 Å². The molecule has 0 aliphatic carbocycles. The van der Waals surface area contributed by atoms with Crippen molar-refractivity contribution in [1.82, 2.24) is 0 Å². The van der Waals surface area contributed by atoms with Gasteiger partial charge in [-0.15, -0.1) is 0 Å². The number of aliphatic carboxylic acids is 1. The standard InChI is InChI=1S/C12H16.C5H8O2.C4H2O3.C4H6O2/c1-5-10-6-8-11(9-7-10)12(2,3)4;1-4(2)5(6)7-3;5-3-1-2-4(6)7-3;1-3(2)4(5)6/h5-9H,1H2,2-4H3;1H2,2-3H3;1-2H;1H2,2H3,(H,5,6). The predicted octanol–water partition coefficient (Wildman–Crippen LogP) is 4.64. The lowest BCUT2D eigenvalue weighted by atomic mass is 9.87. The number of cyclic esters (lactones) is 2. The molecule has 0 fully saturated rings. The smallest absolute Gasteiger partial charge is 0.338 e. The maximum absolute atomic E-state index is 10.2. The molecule has 1 aromatic rings. The summed E-state index contributed by atoms with van der Waals surface area (Å²) in [6.45, 7) is 19.9. The van der Waals surface area contributed by atoms with E-state index in [4.69, 9.17) is 5.11 Å². The molecule has 0 saturated carbocycles. The van der Waals surface area contributed by atoms with Crippen LogP contribution in [-0.4, -0.2) is 36.1 Å². The summed E-state index contributed by atoms with van der Waals surface area (Å²) in [6.07, 6.45) is 4.04. The van der Waals surface area contributed by atoms with Gasteiger partial charge in [0.25, 0.3) is 0 Å². The zero-order valence-corrected chi connectivity index (χ0v) is 19.6. The summed E-state index contributed by atoms with van der Waals surface area (Å²) in [6, 6.07) is 8.54. The van der Waals surface area contributed by atoms with E-state index in [0.29, 0.717) is 5.57 Å². The minimum atomic E-state index is -0.935. The van der Waals surface area contributed by atoms with E-state index in [2.05, 4.69) is 74.2 Å². The molecule has 0 bridgehead atoms. The number of hydrogen-bond acceptors (Lipinski definition) is 6. The third kappa shape index (κ3) is 15.1. The number of carboxylic acids is 1. The van der Waals surface area contributed by atoms with Crippen LogP contribution in [0.2, 0.25) is 0 Å². The number of carbonyl (C=O) groups is 4. The van der Waals surface area contributed by atoms with E-state index < -0.39 is 17.9 Å². The van der Waals surface area contributed by atoms with Crippen LogP contribution in [0.15, 0.2) is 67.3 Å². The van der Waals surface area contributed by atoms with Crippen LogP contribution in [0.1, 0.15) is 45.7 Å². The second-order valence-electron chi connectivity index (χ2n) is 7.51. The van der Waals surface area contributed by atoms with Crippen molar-refractivity contribution >= 4 is 30.0 Å². The average Bonchev–Trinajstić information content (AvgIpc) is 3.10. The number of esters is 3. The normalized spacial score (nSPS) is 11.2. The molecule has 1 heterocycles. The third-order valence-electron chi connectivity index (χ3n) is 3.47. The molecule has 0 unspecified atom stereocenters. The minimum absolute atomic E-state index is 0.176. The second kappa shape index (κ2) is 15.1. The summed E-state index contributed by atoms with van der Waals surface area (Å²) < 4.78 is 8.25. The molecule has 1 aromatic carbocycles. The van der Waals surface area contributed by atoms with Gasteiger partial charge in [-0.3, -0.25) is 0 Å². The van der Waals surface area contributed by atoms with Gasteiger partial charge >= 0.3 is 23.9 Å². The molecular weight excluding hydrogens is 412 g/mol. The summed E-state index contributed by atoms with van der Waals surface area (Å²) in [4.78, 5) is 39.6. The van der Waals surface area contributed by atoms with Crippen molar-refractivity contribution in [2.45, 2.75) is 40.0 Å². The molecule has 7 nitrogen and oxygen atoms in total. The molecule has 0 aromatic heterocycles. The zero-order chi connectivity index (χ0) is 25.5. The van der Waals surface area contributed by atoms with Crippen LogP contribution in [-0.2, 0) is 34.1 Å². The molecule has 0 atom stereocenters. The molecule has 1 N–H and O–H groups in total. The van der Waals surface area contributed by atoms with Gasteiger partial charge in [-0.1, -0.05) is 70.8 Å². The topological polar surface area (TPSA) is 107 Å². The summed E-state index contributed by atoms with van der Waals surface area (Å²) >= 11 is 0. The van der Waals surface area contributed by atoms with Crippen LogP contribution < -0.4 is 0 Å². The predicted molar refractivity (Wildman–Crippen MR) is 125 cm³/mol. The molecule has 1 aliphatic rings. The Kier molecular flexibility index (Phi) is 14.4. The van der Waals surface area contributed by atoms with Crippen LogP contribution in [0.3, 0.4) is 0 Å². The van der Waals surface area contributed by atoms with Gasteiger partial charge in [0.2, 0.25) is 0 Å². The fourth-order valence-corrected chi connectivity index (χ4v) is 1.60. The Labute approximate surface area is 189 Å². The van der Waals surface area contributed by atoms with Crippen LogP contribution in [0.4, 0.5) is 0 Å². The van der Waals surface area contributed by atoms with Crippen molar-refractivity contribution in [2.24, 2.45) is 0 Å². The van der Waals surface area contributed by atoms with Gasteiger partial charge in [0.05, 0.1) is 7.11 Å². The first-order valence-corrected chi connectivity index (χ1v) is 9.45. The fourth-order valence-electron chi connectivity index (χ4n) is 1.60. The Morgan fingerprint density at radius 3 is 1.53 bits per heavy atom. The first-order valence-electron chi connectivity index (χ1n) is 9.45. The first kappa shape index (κ1) is 30.5. The zero-order valence-electron chi connectivity index (χ0n) is 19.6.